The highest BCUT2D eigenvalue weighted by Crippen LogP contribution is 2.32. The summed E-state index contributed by atoms with van der Waals surface area (Å²) in [6, 6.07) is 4.28. The van der Waals surface area contributed by atoms with Crippen molar-refractivity contribution in [3.8, 4) is 0 Å². The predicted molar refractivity (Wildman–Crippen MR) is 56.8 cm³/mol. The second kappa shape index (κ2) is 3.40. The van der Waals surface area contributed by atoms with Crippen LogP contribution in [-0.4, -0.2) is 24.0 Å². The molecule has 0 atom stereocenters. The third-order valence-electron chi connectivity index (χ3n) is 2.48. The fraction of sp³-hybridized carbons (Fsp3) is 0.600. The maximum atomic E-state index is 6.04. The van der Waals surface area contributed by atoms with E-state index in [-0.39, 0.29) is 5.54 Å². The van der Waals surface area contributed by atoms with E-state index in [0.717, 1.165) is 13.1 Å². The third kappa shape index (κ3) is 2.53. The molecule has 2 N–H and O–H groups in total. The lowest BCUT2D eigenvalue weighted by Crippen LogP contribution is -2.36. The molecule has 1 heterocycles. The Morgan fingerprint density at radius 1 is 1.62 bits per heavy atom. The molecule has 72 valence electrons. The molecule has 1 fully saturated rings. The number of rotatable bonds is 4. The minimum absolute atomic E-state index is 0.145. The van der Waals surface area contributed by atoms with Crippen molar-refractivity contribution in [3.63, 3.8) is 0 Å². The molecule has 0 unspecified atom stereocenters. The van der Waals surface area contributed by atoms with Crippen LogP contribution in [0.4, 0.5) is 0 Å². The average molecular weight is 196 g/mol. The van der Waals surface area contributed by atoms with Gasteiger partial charge in [-0.3, -0.25) is 4.90 Å². The highest BCUT2D eigenvalue weighted by Gasteiger charge is 2.38. The second-order valence-corrected chi connectivity index (χ2v) is 5.15. The molecule has 2 rings (SSSR count). The predicted octanol–water partition coefficient (Wildman–Crippen LogP) is 1.67. The second-order valence-electron chi connectivity index (χ2n) is 4.11. The van der Waals surface area contributed by atoms with Crippen LogP contribution in [-0.2, 0) is 6.54 Å². The van der Waals surface area contributed by atoms with Gasteiger partial charge in [-0.1, -0.05) is 6.07 Å². The number of hydrogen-bond acceptors (Lipinski definition) is 3. The van der Waals surface area contributed by atoms with Gasteiger partial charge in [0, 0.05) is 23.5 Å². The Bertz CT molecular complexity index is 264. The monoisotopic (exact) mass is 196 g/mol. The lowest BCUT2D eigenvalue weighted by atomic mass is 10.2. The minimum Gasteiger partial charge on any atom is -0.324 e. The van der Waals surface area contributed by atoms with Crippen LogP contribution < -0.4 is 5.73 Å². The molecule has 1 aliphatic carbocycles. The summed E-state index contributed by atoms with van der Waals surface area (Å²) in [5.41, 5.74) is 6.18. The molecule has 3 heteroatoms. The van der Waals surface area contributed by atoms with Crippen LogP contribution in [0.15, 0.2) is 17.5 Å². The van der Waals surface area contributed by atoms with Crippen molar-refractivity contribution in [2.75, 3.05) is 13.6 Å². The molecule has 0 spiro atoms. The van der Waals surface area contributed by atoms with Crippen LogP contribution in [0.25, 0.3) is 0 Å². The highest BCUT2D eigenvalue weighted by molar-refractivity contribution is 7.09. The quantitative estimate of drug-likeness (QED) is 0.793. The van der Waals surface area contributed by atoms with E-state index in [1.165, 1.54) is 17.7 Å². The van der Waals surface area contributed by atoms with Crippen LogP contribution in [0, 0.1) is 0 Å². The topological polar surface area (TPSA) is 29.3 Å². The van der Waals surface area contributed by atoms with Crippen LogP contribution in [0.5, 0.6) is 0 Å². The van der Waals surface area contributed by atoms with Crippen molar-refractivity contribution >= 4 is 11.3 Å². The van der Waals surface area contributed by atoms with Crippen LogP contribution >= 0.6 is 11.3 Å². The Hall–Kier alpha value is -0.380. The Labute approximate surface area is 83.4 Å². The average Bonchev–Trinajstić information content (AvgIpc) is 2.61. The van der Waals surface area contributed by atoms with E-state index in [1.807, 2.05) is 11.3 Å². The van der Waals surface area contributed by atoms with Gasteiger partial charge in [0.05, 0.1) is 0 Å². The largest absolute Gasteiger partial charge is 0.324 e. The van der Waals surface area contributed by atoms with E-state index in [0.29, 0.717) is 0 Å². The third-order valence-corrected chi connectivity index (χ3v) is 3.34. The fourth-order valence-corrected chi connectivity index (χ4v) is 2.36. The molecule has 13 heavy (non-hydrogen) atoms. The zero-order valence-electron chi connectivity index (χ0n) is 7.99. The lowest BCUT2D eigenvalue weighted by Gasteiger charge is -2.19. The van der Waals surface area contributed by atoms with Crippen molar-refractivity contribution in [2.24, 2.45) is 5.73 Å². The Morgan fingerprint density at radius 2 is 2.38 bits per heavy atom. The van der Waals surface area contributed by atoms with Crippen molar-refractivity contribution in [1.82, 2.24) is 4.90 Å². The molecule has 1 saturated carbocycles. The van der Waals surface area contributed by atoms with E-state index in [4.69, 9.17) is 5.73 Å². The normalized spacial score (nSPS) is 19.3. The molecule has 0 saturated heterocycles. The molecule has 1 aromatic rings. The van der Waals surface area contributed by atoms with E-state index >= 15 is 0 Å². The van der Waals surface area contributed by atoms with Crippen molar-refractivity contribution in [3.05, 3.63) is 22.4 Å². The summed E-state index contributed by atoms with van der Waals surface area (Å²) in [5, 5.41) is 2.12. The van der Waals surface area contributed by atoms with Gasteiger partial charge in [-0.15, -0.1) is 11.3 Å². The minimum atomic E-state index is 0.145. The van der Waals surface area contributed by atoms with Crippen LogP contribution in [0.3, 0.4) is 0 Å². The SMILES string of the molecule is CN(Cc1cccs1)CC1(N)CC1. The van der Waals surface area contributed by atoms with Gasteiger partial charge in [0.1, 0.15) is 0 Å². The molecule has 0 aliphatic heterocycles. The molecule has 0 bridgehead atoms. The van der Waals surface area contributed by atoms with Gasteiger partial charge in [0.25, 0.3) is 0 Å². The lowest BCUT2D eigenvalue weighted by molar-refractivity contribution is 0.298. The first-order chi connectivity index (χ1) is 6.18. The van der Waals surface area contributed by atoms with Crippen molar-refractivity contribution in [1.29, 1.82) is 0 Å². The highest BCUT2D eigenvalue weighted by atomic mass is 32.1. The summed E-state index contributed by atoms with van der Waals surface area (Å²) in [6.45, 7) is 2.07. The number of likely N-dealkylation sites (N-methyl/N-ethyl adjacent to an activating group) is 1. The Morgan fingerprint density at radius 3 is 2.92 bits per heavy atom. The standard InChI is InChI=1S/C10H16N2S/c1-12(8-10(11)4-5-10)7-9-3-2-6-13-9/h2-3,6H,4-5,7-8,11H2,1H3. The van der Waals surface area contributed by atoms with E-state index < -0.39 is 0 Å². The molecular weight excluding hydrogens is 180 g/mol. The zero-order chi connectivity index (χ0) is 9.31. The maximum Gasteiger partial charge on any atom is 0.0325 e. The van der Waals surface area contributed by atoms with Gasteiger partial charge in [0.15, 0.2) is 0 Å². The van der Waals surface area contributed by atoms with Crippen LogP contribution in [0.1, 0.15) is 17.7 Å². The number of thiophene rings is 1. The first kappa shape index (κ1) is 9.19. The van der Waals surface area contributed by atoms with Gasteiger partial charge in [-0.05, 0) is 31.3 Å². The van der Waals surface area contributed by atoms with Gasteiger partial charge in [-0.25, -0.2) is 0 Å². The number of nitrogens with zero attached hydrogens (tertiary/aromatic N) is 1. The molecule has 1 aromatic heterocycles. The molecule has 1 aliphatic rings. The molecule has 0 aromatic carbocycles. The van der Waals surface area contributed by atoms with Gasteiger partial charge in [-0.2, -0.15) is 0 Å². The summed E-state index contributed by atoms with van der Waals surface area (Å²) in [7, 11) is 2.15. The van der Waals surface area contributed by atoms with Crippen LogP contribution in [0.2, 0.25) is 0 Å². The van der Waals surface area contributed by atoms with Gasteiger partial charge >= 0.3 is 0 Å². The Kier molecular flexibility index (Phi) is 2.41. The first-order valence-corrected chi connectivity index (χ1v) is 5.56. The van der Waals surface area contributed by atoms with E-state index in [2.05, 4.69) is 29.5 Å². The van der Waals surface area contributed by atoms with E-state index in [1.54, 1.807) is 0 Å². The maximum absolute atomic E-state index is 6.04. The summed E-state index contributed by atoms with van der Waals surface area (Å²) in [5.74, 6) is 0. The summed E-state index contributed by atoms with van der Waals surface area (Å²) in [6.07, 6.45) is 2.39. The molecule has 0 amide bonds. The summed E-state index contributed by atoms with van der Waals surface area (Å²) < 4.78 is 0. The smallest absolute Gasteiger partial charge is 0.0325 e. The number of hydrogen-bond donors (Lipinski definition) is 1. The summed E-state index contributed by atoms with van der Waals surface area (Å²) >= 11 is 1.82. The fourth-order valence-electron chi connectivity index (χ4n) is 1.58. The first-order valence-electron chi connectivity index (χ1n) is 4.68. The van der Waals surface area contributed by atoms with E-state index in [9.17, 15) is 0 Å². The van der Waals surface area contributed by atoms with Crippen molar-refractivity contribution in [2.45, 2.75) is 24.9 Å². The number of nitrogens with two attached hydrogens (primary N) is 1. The van der Waals surface area contributed by atoms with Gasteiger partial charge < -0.3 is 5.73 Å². The summed E-state index contributed by atoms with van der Waals surface area (Å²) in [4.78, 5) is 3.74. The Balaban J connectivity index is 1.81. The molecule has 0 radical (unpaired) electrons. The molecular formula is C10H16N2S. The van der Waals surface area contributed by atoms with Crippen molar-refractivity contribution < 1.29 is 0 Å². The zero-order valence-corrected chi connectivity index (χ0v) is 8.81. The molecule has 2 nitrogen and oxygen atoms in total. The van der Waals surface area contributed by atoms with Gasteiger partial charge in [0.2, 0.25) is 0 Å².